The number of nitrogens with one attached hydrogen (secondary N) is 2. The molecule has 0 radical (unpaired) electrons. The van der Waals surface area contributed by atoms with Gasteiger partial charge < -0.3 is 10.6 Å². The van der Waals surface area contributed by atoms with E-state index in [4.69, 9.17) is 11.6 Å². The van der Waals surface area contributed by atoms with E-state index in [2.05, 4.69) is 39.9 Å². The Bertz CT molecular complexity index is 571. The number of hydrogen-bond acceptors (Lipinski definition) is 3. The van der Waals surface area contributed by atoms with Gasteiger partial charge in [0.1, 0.15) is 11.0 Å². The highest BCUT2D eigenvalue weighted by Crippen LogP contribution is 2.27. The van der Waals surface area contributed by atoms with Gasteiger partial charge in [0.15, 0.2) is 0 Å². The van der Waals surface area contributed by atoms with Gasteiger partial charge in [-0.1, -0.05) is 41.9 Å². The van der Waals surface area contributed by atoms with E-state index >= 15 is 0 Å². The zero-order valence-corrected chi connectivity index (χ0v) is 11.3. The average Bonchev–Trinajstić information content (AvgIpc) is 2.62. The molecule has 0 saturated carbocycles. The van der Waals surface area contributed by atoms with Crippen molar-refractivity contribution in [2.24, 2.45) is 0 Å². The van der Waals surface area contributed by atoms with Crippen LogP contribution in [0.25, 0.3) is 0 Å². The lowest BCUT2D eigenvalue weighted by Crippen LogP contribution is -2.15. The van der Waals surface area contributed by atoms with E-state index in [0.717, 1.165) is 25.3 Å². The summed E-state index contributed by atoms with van der Waals surface area (Å²) in [7, 11) is 0. The van der Waals surface area contributed by atoms with Crippen molar-refractivity contribution in [2.45, 2.75) is 19.0 Å². The molecule has 0 amide bonds. The lowest BCUT2D eigenvalue weighted by Gasteiger charge is -2.19. The summed E-state index contributed by atoms with van der Waals surface area (Å²) < 4.78 is 0. The molecule has 4 heteroatoms. The molecule has 2 aromatic rings. The van der Waals surface area contributed by atoms with Crippen molar-refractivity contribution in [1.29, 1.82) is 0 Å². The van der Waals surface area contributed by atoms with Crippen LogP contribution in [0.2, 0.25) is 5.15 Å². The first-order valence-electron chi connectivity index (χ1n) is 6.50. The quantitative estimate of drug-likeness (QED) is 0.824. The number of pyridine rings is 1. The van der Waals surface area contributed by atoms with Gasteiger partial charge in [-0.05, 0) is 36.2 Å². The smallest absolute Gasteiger partial charge is 0.131 e. The fourth-order valence-corrected chi connectivity index (χ4v) is 2.64. The minimum Gasteiger partial charge on any atom is -0.363 e. The normalized spacial score (nSPS) is 18.5. The molecule has 98 valence electrons. The Morgan fingerprint density at radius 2 is 2.05 bits per heavy atom. The summed E-state index contributed by atoms with van der Waals surface area (Å²) in [6, 6.07) is 14.5. The van der Waals surface area contributed by atoms with Crippen LogP contribution in [0.3, 0.4) is 0 Å². The van der Waals surface area contributed by atoms with E-state index in [9.17, 15) is 0 Å². The van der Waals surface area contributed by atoms with Gasteiger partial charge in [-0.15, -0.1) is 0 Å². The number of aromatic nitrogens is 1. The van der Waals surface area contributed by atoms with Crippen LogP contribution in [0.15, 0.2) is 42.5 Å². The molecule has 0 saturated heterocycles. The molecule has 0 bridgehead atoms. The van der Waals surface area contributed by atoms with E-state index in [1.54, 1.807) is 6.07 Å². The third kappa shape index (κ3) is 2.88. The predicted molar refractivity (Wildman–Crippen MR) is 78.4 cm³/mol. The summed E-state index contributed by atoms with van der Waals surface area (Å²) in [4.78, 5) is 4.30. The molecule has 2 N–H and O–H groups in total. The zero-order chi connectivity index (χ0) is 13.1. The minimum atomic E-state index is 0.275. The predicted octanol–water partition coefficient (Wildman–Crippen LogP) is 3.38. The van der Waals surface area contributed by atoms with Gasteiger partial charge in [-0.3, -0.25) is 0 Å². The molecule has 1 aromatic heterocycles. The van der Waals surface area contributed by atoms with Gasteiger partial charge in [0.2, 0.25) is 0 Å². The van der Waals surface area contributed by atoms with Crippen LogP contribution in [0, 0.1) is 0 Å². The lowest BCUT2D eigenvalue weighted by atomic mass is 9.99. The van der Waals surface area contributed by atoms with Gasteiger partial charge >= 0.3 is 0 Å². The molecule has 0 fully saturated rings. The molecular weight excluding hydrogens is 258 g/mol. The monoisotopic (exact) mass is 273 g/mol. The fraction of sp³-hybridized carbons (Fsp3) is 0.267. The van der Waals surface area contributed by atoms with E-state index < -0.39 is 0 Å². The number of nitrogens with zero attached hydrogens (tertiary/aromatic N) is 1. The topological polar surface area (TPSA) is 37.0 Å². The van der Waals surface area contributed by atoms with Gasteiger partial charge in [0, 0.05) is 6.54 Å². The van der Waals surface area contributed by atoms with Crippen molar-refractivity contribution in [2.75, 3.05) is 11.9 Å². The van der Waals surface area contributed by atoms with Gasteiger partial charge in [-0.25, -0.2) is 4.98 Å². The SMILES string of the molecule is Clc1cccc(NC2CCNCc3ccccc32)n1. The van der Waals surface area contributed by atoms with Crippen molar-refractivity contribution < 1.29 is 0 Å². The maximum atomic E-state index is 5.93. The van der Waals surface area contributed by atoms with Crippen LogP contribution in [-0.4, -0.2) is 11.5 Å². The third-order valence-electron chi connectivity index (χ3n) is 3.39. The number of anilines is 1. The van der Waals surface area contributed by atoms with Crippen LogP contribution < -0.4 is 10.6 Å². The minimum absolute atomic E-state index is 0.275. The zero-order valence-electron chi connectivity index (χ0n) is 10.6. The van der Waals surface area contributed by atoms with Crippen LogP contribution in [0.1, 0.15) is 23.6 Å². The molecule has 0 aliphatic carbocycles. The average molecular weight is 274 g/mol. The summed E-state index contributed by atoms with van der Waals surface area (Å²) in [5.74, 6) is 0.828. The van der Waals surface area contributed by atoms with Crippen LogP contribution in [0.5, 0.6) is 0 Å². The van der Waals surface area contributed by atoms with Crippen LogP contribution in [-0.2, 0) is 6.54 Å². The standard InChI is InChI=1S/C15H16ClN3/c16-14-6-3-7-15(19-14)18-13-8-9-17-10-11-4-1-2-5-12(11)13/h1-7,13,17H,8-10H2,(H,18,19). The van der Waals surface area contributed by atoms with Gasteiger partial charge in [-0.2, -0.15) is 0 Å². The second-order valence-corrected chi connectivity index (χ2v) is 5.09. The first-order chi connectivity index (χ1) is 9.33. The summed E-state index contributed by atoms with van der Waals surface area (Å²) in [6.07, 6.45) is 1.03. The largest absolute Gasteiger partial charge is 0.363 e. The number of benzene rings is 1. The Morgan fingerprint density at radius 3 is 2.95 bits per heavy atom. The Kier molecular flexibility index (Phi) is 3.67. The summed E-state index contributed by atoms with van der Waals surface area (Å²) in [5, 5.41) is 7.44. The molecule has 1 aliphatic heterocycles. The van der Waals surface area contributed by atoms with Crippen molar-refractivity contribution in [3.8, 4) is 0 Å². The second kappa shape index (κ2) is 5.59. The third-order valence-corrected chi connectivity index (χ3v) is 3.60. The maximum absolute atomic E-state index is 5.93. The molecule has 3 nitrogen and oxygen atoms in total. The highest BCUT2D eigenvalue weighted by molar-refractivity contribution is 6.29. The molecule has 19 heavy (non-hydrogen) atoms. The van der Waals surface area contributed by atoms with Crippen molar-refractivity contribution in [1.82, 2.24) is 10.3 Å². The molecule has 1 unspecified atom stereocenters. The summed E-state index contributed by atoms with van der Waals surface area (Å²) in [6.45, 7) is 1.92. The van der Waals surface area contributed by atoms with E-state index in [-0.39, 0.29) is 6.04 Å². The molecule has 0 spiro atoms. The molecule has 2 heterocycles. The van der Waals surface area contributed by atoms with Gasteiger partial charge in [0.25, 0.3) is 0 Å². The number of rotatable bonds is 2. The first kappa shape index (κ1) is 12.5. The van der Waals surface area contributed by atoms with E-state index in [1.807, 2.05) is 12.1 Å². The lowest BCUT2D eigenvalue weighted by molar-refractivity contribution is 0.636. The van der Waals surface area contributed by atoms with E-state index in [0.29, 0.717) is 5.15 Å². The second-order valence-electron chi connectivity index (χ2n) is 4.71. The molecular formula is C15H16ClN3. The first-order valence-corrected chi connectivity index (χ1v) is 6.88. The van der Waals surface area contributed by atoms with Crippen LogP contribution >= 0.6 is 11.6 Å². The fourth-order valence-electron chi connectivity index (χ4n) is 2.48. The van der Waals surface area contributed by atoms with Crippen molar-refractivity contribution in [3.05, 3.63) is 58.7 Å². The molecule has 1 atom stereocenters. The summed E-state index contributed by atoms with van der Waals surface area (Å²) >= 11 is 5.93. The Labute approximate surface area is 118 Å². The maximum Gasteiger partial charge on any atom is 0.131 e. The highest BCUT2D eigenvalue weighted by Gasteiger charge is 2.18. The summed E-state index contributed by atoms with van der Waals surface area (Å²) in [5.41, 5.74) is 2.69. The Balaban J connectivity index is 1.88. The number of halogens is 1. The van der Waals surface area contributed by atoms with Gasteiger partial charge in [0.05, 0.1) is 6.04 Å². The van der Waals surface area contributed by atoms with Crippen molar-refractivity contribution in [3.63, 3.8) is 0 Å². The Hall–Kier alpha value is -1.58. The van der Waals surface area contributed by atoms with Crippen molar-refractivity contribution >= 4 is 17.4 Å². The Morgan fingerprint density at radius 1 is 1.16 bits per heavy atom. The van der Waals surface area contributed by atoms with E-state index in [1.165, 1.54) is 11.1 Å². The molecule has 1 aromatic carbocycles. The highest BCUT2D eigenvalue weighted by atomic mass is 35.5. The number of fused-ring (bicyclic) bond motifs is 1. The molecule has 3 rings (SSSR count). The number of hydrogen-bond donors (Lipinski definition) is 2. The van der Waals surface area contributed by atoms with Crippen LogP contribution in [0.4, 0.5) is 5.82 Å². The molecule has 1 aliphatic rings.